The lowest BCUT2D eigenvalue weighted by atomic mass is 10.2. The van der Waals surface area contributed by atoms with E-state index in [4.69, 9.17) is 0 Å². The van der Waals surface area contributed by atoms with Gasteiger partial charge in [0.2, 0.25) is 0 Å². The average molecular weight is 233 g/mol. The van der Waals surface area contributed by atoms with Crippen molar-refractivity contribution in [2.24, 2.45) is 11.8 Å². The Morgan fingerprint density at radius 3 is 2.00 bits per heavy atom. The van der Waals surface area contributed by atoms with Crippen molar-refractivity contribution in [1.82, 2.24) is 4.90 Å². The van der Waals surface area contributed by atoms with Gasteiger partial charge in [0.15, 0.2) is 0 Å². The van der Waals surface area contributed by atoms with Gasteiger partial charge in [0.25, 0.3) is 0 Å². The highest BCUT2D eigenvalue weighted by molar-refractivity contribution is 5.15. The molecule has 0 amide bonds. The zero-order chi connectivity index (χ0) is 12.7. The molecule has 1 aliphatic carbocycles. The van der Waals surface area contributed by atoms with Crippen LogP contribution in [0.15, 0.2) is 30.3 Å². The van der Waals surface area contributed by atoms with Gasteiger partial charge in [0.1, 0.15) is 0 Å². The van der Waals surface area contributed by atoms with Crippen LogP contribution in [0.4, 0.5) is 0 Å². The number of hydrogen-bond acceptors (Lipinski definition) is 1. The van der Waals surface area contributed by atoms with Crippen molar-refractivity contribution in [2.75, 3.05) is 13.1 Å². The van der Waals surface area contributed by atoms with Gasteiger partial charge in [-0.3, -0.25) is 4.90 Å². The third kappa shape index (κ3) is 4.16. The van der Waals surface area contributed by atoms with Gasteiger partial charge in [-0.2, -0.15) is 0 Å². The van der Waals surface area contributed by atoms with Gasteiger partial charge in [0, 0.05) is 19.6 Å². The summed E-state index contributed by atoms with van der Waals surface area (Å²) in [4.78, 5) is 2.59. The van der Waals surface area contributed by atoms with Gasteiger partial charge in [-0.25, -0.2) is 0 Å². The Bertz CT molecular complexity index is 284. The van der Waals surface area contributed by atoms with Crippen LogP contribution >= 0.6 is 0 Å². The molecular weight excluding hydrogens is 206 g/mol. The minimum absolute atomic E-state index is 1.06. The maximum absolute atomic E-state index is 2.59. The van der Waals surface area contributed by atoms with Crippen LogP contribution in [-0.2, 0) is 6.54 Å². The van der Waals surface area contributed by atoms with Crippen LogP contribution in [0.2, 0.25) is 0 Å². The first-order valence-electron chi connectivity index (χ1n) is 7.18. The van der Waals surface area contributed by atoms with Crippen LogP contribution in [0.5, 0.6) is 0 Å². The molecular formula is C16H27N. The first-order chi connectivity index (χ1) is 8.42. The van der Waals surface area contributed by atoms with Crippen molar-refractivity contribution in [2.45, 2.75) is 40.7 Å². The van der Waals surface area contributed by atoms with Gasteiger partial charge < -0.3 is 0 Å². The zero-order valence-corrected chi connectivity index (χ0v) is 11.8. The Morgan fingerprint density at radius 2 is 1.47 bits per heavy atom. The maximum atomic E-state index is 2.59. The summed E-state index contributed by atoms with van der Waals surface area (Å²) in [5.74, 6) is 2.12. The first kappa shape index (κ1) is 14.2. The van der Waals surface area contributed by atoms with Crippen molar-refractivity contribution < 1.29 is 0 Å². The summed E-state index contributed by atoms with van der Waals surface area (Å²) in [6.07, 6.45) is 1.51. The number of fused-ring (bicyclic) bond motifs is 1. The molecule has 96 valence electrons. The summed E-state index contributed by atoms with van der Waals surface area (Å²) in [6.45, 7) is 11.9. The molecule has 0 radical (unpaired) electrons. The van der Waals surface area contributed by atoms with Crippen molar-refractivity contribution >= 4 is 0 Å². The molecule has 1 aromatic carbocycles. The largest absolute Gasteiger partial charge is 0.299 e. The van der Waals surface area contributed by atoms with Crippen LogP contribution in [0, 0.1) is 11.8 Å². The Morgan fingerprint density at radius 1 is 0.941 bits per heavy atom. The highest BCUT2D eigenvalue weighted by atomic mass is 15.2. The summed E-state index contributed by atoms with van der Waals surface area (Å²) in [7, 11) is 0. The molecule has 0 bridgehead atoms. The lowest BCUT2D eigenvalue weighted by molar-refractivity contribution is 0.297. The quantitative estimate of drug-likeness (QED) is 0.740. The molecule has 0 N–H and O–H groups in total. The van der Waals surface area contributed by atoms with E-state index < -0.39 is 0 Å². The highest BCUT2D eigenvalue weighted by Crippen LogP contribution is 2.45. The van der Waals surface area contributed by atoms with Crippen LogP contribution in [0.3, 0.4) is 0 Å². The summed E-state index contributed by atoms with van der Waals surface area (Å²) in [5, 5.41) is 0. The molecule has 1 heterocycles. The zero-order valence-electron chi connectivity index (χ0n) is 11.8. The van der Waals surface area contributed by atoms with Crippen LogP contribution in [-0.4, -0.2) is 18.0 Å². The summed E-state index contributed by atoms with van der Waals surface area (Å²) >= 11 is 0. The second-order valence-electron chi connectivity index (χ2n) is 4.44. The van der Waals surface area contributed by atoms with E-state index in [9.17, 15) is 0 Å². The van der Waals surface area contributed by atoms with Crippen molar-refractivity contribution in [3.63, 3.8) is 0 Å². The van der Waals surface area contributed by atoms with E-state index in [1.54, 1.807) is 0 Å². The topological polar surface area (TPSA) is 3.24 Å². The van der Waals surface area contributed by atoms with E-state index in [2.05, 4.69) is 35.2 Å². The number of likely N-dealkylation sites (tertiary alicyclic amines) is 1. The first-order valence-corrected chi connectivity index (χ1v) is 7.18. The predicted molar refractivity (Wildman–Crippen MR) is 76.0 cm³/mol. The van der Waals surface area contributed by atoms with Gasteiger partial charge in [-0.05, 0) is 23.8 Å². The standard InChI is InChI=1S/C12H15N.2C2H6/c1-2-4-10(5-3-1)7-13-8-11-6-12(11)9-13;2*1-2/h1-5,11-12H,6-9H2;2*1-2H3. The van der Waals surface area contributed by atoms with Gasteiger partial charge in [-0.1, -0.05) is 58.0 Å². The van der Waals surface area contributed by atoms with Crippen LogP contribution in [0.25, 0.3) is 0 Å². The fourth-order valence-corrected chi connectivity index (χ4v) is 2.47. The van der Waals surface area contributed by atoms with Crippen molar-refractivity contribution in [3.05, 3.63) is 35.9 Å². The van der Waals surface area contributed by atoms with Crippen molar-refractivity contribution in [1.29, 1.82) is 0 Å². The number of hydrogen-bond donors (Lipinski definition) is 0. The molecule has 2 unspecified atom stereocenters. The minimum Gasteiger partial charge on any atom is -0.299 e. The fourth-order valence-electron chi connectivity index (χ4n) is 2.47. The minimum atomic E-state index is 1.06. The second kappa shape index (κ2) is 7.50. The van der Waals surface area contributed by atoms with Gasteiger partial charge in [-0.15, -0.1) is 0 Å². The van der Waals surface area contributed by atoms with Crippen molar-refractivity contribution in [3.8, 4) is 0 Å². The molecule has 1 saturated carbocycles. The predicted octanol–water partition coefficient (Wildman–Crippen LogP) is 4.19. The summed E-state index contributed by atoms with van der Waals surface area (Å²) in [5.41, 5.74) is 1.46. The lowest BCUT2D eigenvalue weighted by Crippen LogP contribution is -2.21. The van der Waals surface area contributed by atoms with Gasteiger partial charge in [0.05, 0.1) is 0 Å². The van der Waals surface area contributed by atoms with Gasteiger partial charge >= 0.3 is 0 Å². The Kier molecular flexibility index (Phi) is 6.28. The monoisotopic (exact) mass is 233 g/mol. The summed E-state index contributed by atoms with van der Waals surface area (Å²) < 4.78 is 0. The number of benzene rings is 1. The SMILES string of the molecule is CC.CC.c1ccc(CN2CC3CC3C2)cc1. The molecule has 2 fully saturated rings. The third-order valence-electron chi connectivity index (χ3n) is 3.30. The molecule has 2 atom stereocenters. The molecule has 3 rings (SSSR count). The molecule has 1 aromatic rings. The second-order valence-corrected chi connectivity index (χ2v) is 4.44. The number of piperidine rings is 1. The Hall–Kier alpha value is -0.820. The van der Waals surface area contributed by atoms with E-state index in [0.29, 0.717) is 0 Å². The Balaban J connectivity index is 0.000000330. The third-order valence-corrected chi connectivity index (χ3v) is 3.30. The van der Waals surface area contributed by atoms with E-state index in [1.165, 1.54) is 25.1 Å². The fraction of sp³-hybridized carbons (Fsp3) is 0.625. The van der Waals surface area contributed by atoms with E-state index in [-0.39, 0.29) is 0 Å². The van der Waals surface area contributed by atoms with Crippen LogP contribution in [0.1, 0.15) is 39.7 Å². The lowest BCUT2D eigenvalue weighted by Gasteiger charge is -2.16. The molecule has 2 aliphatic rings. The normalized spacial score (nSPS) is 24.9. The Labute approximate surface area is 107 Å². The molecule has 0 aromatic heterocycles. The number of nitrogens with zero attached hydrogens (tertiary/aromatic N) is 1. The molecule has 1 heteroatoms. The molecule has 1 saturated heterocycles. The molecule has 17 heavy (non-hydrogen) atoms. The molecule has 1 nitrogen and oxygen atoms in total. The number of rotatable bonds is 2. The van der Waals surface area contributed by atoms with Crippen LogP contribution < -0.4 is 0 Å². The molecule has 1 aliphatic heterocycles. The average Bonchev–Trinajstić information content (AvgIpc) is 3.03. The maximum Gasteiger partial charge on any atom is 0.0233 e. The van der Waals surface area contributed by atoms with E-state index >= 15 is 0 Å². The molecule has 0 spiro atoms. The highest BCUT2D eigenvalue weighted by Gasteiger charge is 2.44. The smallest absolute Gasteiger partial charge is 0.0233 e. The van der Waals surface area contributed by atoms with E-state index in [1.807, 2.05) is 27.7 Å². The summed E-state index contributed by atoms with van der Waals surface area (Å²) in [6, 6.07) is 10.8. The van der Waals surface area contributed by atoms with E-state index in [0.717, 1.165) is 18.4 Å².